The number of ether oxygens (including phenoxy) is 1. The number of carbonyl (C=O) groups excluding carboxylic acids is 2. The molecule has 3 aromatic rings. The topological polar surface area (TPSA) is 117 Å². The van der Waals surface area contributed by atoms with Crippen molar-refractivity contribution in [1.82, 2.24) is 14.9 Å². The second-order valence-electron chi connectivity index (χ2n) is 11.8. The number of fused-ring (bicyclic) bond motifs is 2. The van der Waals surface area contributed by atoms with E-state index in [0.29, 0.717) is 19.5 Å². The average Bonchev–Trinajstić information content (AvgIpc) is 3.16. The fourth-order valence-electron chi connectivity index (χ4n) is 6.34. The van der Waals surface area contributed by atoms with Gasteiger partial charge in [0.1, 0.15) is 17.7 Å². The summed E-state index contributed by atoms with van der Waals surface area (Å²) in [7, 11) is -2.46. The van der Waals surface area contributed by atoms with E-state index in [0.717, 1.165) is 43.9 Å². The van der Waals surface area contributed by atoms with Crippen molar-refractivity contribution in [2.45, 2.75) is 55.9 Å². The zero-order chi connectivity index (χ0) is 34.6. The number of hydrogen-bond acceptors (Lipinski definition) is 6. The fraction of sp³-hybridized carbons (Fsp3) is 0.394. The number of hydrogen-bond donors (Lipinski definition) is 3. The first-order valence-electron chi connectivity index (χ1n) is 15.3. The van der Waals surface area contributed by atoms with Gasteiger partial charge in [0.25, 0.3) is 0 Å². The van der Waals surface area contributed by atoms with E-state index >= 15 is 4.39 Å². The number of piperazine rings is 1. The molecule has 3 aromatic carbocycles. The highest BCUT2D eigenvalue weighted by Crippen LogP contribution is 2.35. The summed E-state index contributed by atoms with van der Waals surface area (Å²) in [5.41, 5.74) is -0.720. The zero-order valence-electron chi connectivity index (χ0n) is 25.9. The molecular formula is C33H35F5N4O5S. The molecule has 9 nitrogen and oxygen atoms in total. The molecule has 0 spiro atoms. The van der Waals surface area contributed by atoms with Gasteiger partial charge in [0.15, 0.2) is 0 Å². The van der Waals surface area contributed by atoms with Crippen molar-refractivity contribution in [3.63, 3.8) is 0 Å². The molecule has 3 N–H and O–H groups in total. The van der Waals surface area contributed by atoms with Crippen LogP contribution in [0.3, 0.4) is 0 Å². The normalized spacial score (nSPS) is 21.8. The molecule has 2 amide bonds. The Labute approximate surface area is 274 Å². The number of methoxy groups -OCH3 is 1. The van der Waals surface area contributed by atoms with E-state index in [1.165, 1.54) is 40.7 Å². The molecular weight excluding hydrogens is 659 g/mol. The number of anilines is 1. The fourth-order valence-corrected chi connectivity index (χ4v) is 8.15. The monoisotopic (exact) mass is 694 g/mol. The summed E-state index contributed by atoms with van der Waals surface area (Å²) >= 11 is 0. The molecule has 15 heteroatoms. The maximum atomic E-state index is 15.3. The van der Waals surface area contributed by atoms with Gasteiger partial charge in [0.05, 0.1) is 18.4 Å². The maximum Gasteiger partial charge on any atom is 0.416 e. The second-order valence-corrected chi connectivity index (χ2v) is 13.9. The molecule has 0 aromatic heterocycles. The van der Waals surface area contributed by atoms with Gasteiger partial charge in [0.2, 0.25) is 15.9 Å². The number of alkyl halides is 3. The summed E-state index contributed by atoms with van der Waals surface area (Å²) in [4.78, 5) is 26.6. The Balaban J connectivity index is 1.47. The third kappa shape index (κ3) is 8.13. The predicted molar refractivity (Wildman–Crippen MR) is 168 cm³/mol. The van der Waals surface area contributed by atoms with Gasteiger partial charge in [-0.05, 0) is 67.1 Å². The molecule has 5 atom stereocenters. The number of benzene rings is 3. The summed E-state index contributed by atoms with van der Waals surface area (Å²) in [5.74, 6) is -3.48. The number of nitrogens with zero attached hydrogens (tertiary/aromatic N) is 1. The first-order valence-corrected chi connectivity index (χ1v) is 17.0. The molecule has 5 rings (SSSR count). The van der Waals surface area contributed by atoms with Crippen LogP contribution in [0.2, 0.25) is 0 Å². The predicted octanol–water partition coefficient (Wildman–Crippen LogP) is 5.18. The van der Waals surface area contributed by atoms with Crippen LogP contribution >= 0.6 is 0 Å². The third-order valence-electron chi connectivity index (χ3n) is 8.74. The minimum absolute atomic E-state index is 0.0192. The maximum absolute atomic E-state index is 15.3. The van der Waals surface area contributed by atoms with Gasteiger partial charge in [-0.2, -0.15) is 17.5 Å². The van der Waals surface area contributed by atoms with Crippen molar-refractivity contribution >= 4 is 27.7 Å². The largest absolute Gasteiger partial charge is 0.453 e. The number of amides is 2. The molecule has 0 radical (unpaired) electrons. The first kappa shape index (κ1) is 35.2. The van der Waals surface area contributed by atoms with E-state index in [1.807, 2.05) is 0 Å². The van der Waals surface area contributed by atoms with Gasteiger partial charge in [-0.15, -0.1) is 0 Å². The van der Waals surface area contributed by atoms with Crippen LogP contribution in [0.4, 0.5) is 32.4 Å². The molecule has 2 heterocycles. The van der Waals surface area contributed by atoms with E-state index < -0.39 is 63.4 Å². The van der Waals surface area contributed by atoms with Crippen LogP contribution in [0.5, 0.6) is 0 Å². The van der Waals surface area contributed by atoms with Gasteiger partial charge in [-0.1, -0.05) is 36.4 Å². The molecule has 48 heavy (non-hydrogen) atoms. The van der Waals surface area contributed by atoms with Crippen LogP contribution in [0.25, 0.3) is 0 Å². The highest BCUT2D eigenvalue weighted by atomic mass is 32.2. The Morgan fingerprint density at radius 3 is 2.48 bits per heavy atom. The Hall–Kier alpha value is -4.08. The zero-order valence-corrected chi connectivity index (χ0v) is 26.7. The summed E-state index contributed by atoms with van der Waals surface area (Å²) in [6.45, 7) is 0.691. The van der Waals surface area contributed by atoms with E-state index in [4.69, 9.17) is 4.74 Å². The van der Waals surface area contributed by atoms with Crippen LogP contribution in [0.15, 0.2) is 66.7 Å². The van der Waals surface area contributed by atoms with Gasteiger partial charge < -0.3 is 20.7 Å². The van der Waals surface area contributed by atoms with Crippen molar-refractivity contribution in [3.8, 4) is 0 Å². The van der Waals surface area contributed by atoms with Crippen molar-refractivity contribution in [2.75, 3.05) is 31.3 Å². The Bertz CT molecular complexity index is 1740. The Kier molecular flexibility index (Phi) is 10.7. The highest BCUT2D eigenvalue weighted by molar-refractivity contribution is 7.89. The number of alkyl carbamates (subject to hydrolysis) is 1. The highest BCUT2D eigenvalue weighted by Gasteiger charge is 2.39. The van der Waals surface area contributed by atoms with Crippen molar-refractivity contribution in [1.29, 1.82) is 0 Å². The number of sulfonamides is 1. The lowest BCUT2D eigenvalue weighted by atomic mass is 9.83. The van der Waals surface area contributed by atoms with E-state index in [-0.39, 0.29) is 47.0 Å². The lowest BCUT2D eigenvalue weighted by Crippen LogP contribution is -2.57. The van der Waals surface area contributed by atoms with Gasteiger partial charge in [-0.3, -0.25) is 4.79 Å². The SMILES string of the molecule is COC(=O)N[C@H](C(=O)Nc1cccc(F)c1CCC1CNC2CCCS(=O)(=O)N1C2)[C@@H](c1ccc(F)cc1)c1cccc(C(F)(F)F)c1. The Morgan fingerprint density at radius 1 is 1.04 bits per heavy atom. The van der Waals surface area contributed by atoms with Crippen LogP contribution < -0.4 is 16.0 Å². The number of rotatable bonds is 9. The van der Waals surface area contributed by atoms with Crippen LogP contribution in [-0.4, -0.2) is 68.8 Å². The minimum Gasteiger partial charge on any atom is -0.453 e. The quantitative estimate of drug-likeness (QED) is 0.266. The standard InChI is InChI=1S/C33H35F5N4O5S/c1-47-32(44)41-30(29(20-10-12-23(34)13-11-20)21-5-2-6-22(17-21)33(36,37)38)31(43)40-28-9-3-8-27(35)26(28)15-14-25-18-39-24-7-4-16-48(45,46)42(25)19-24/h2-3,5-6,8-13,17,24-25,29-30,39H,4,7,14-16,18-19H2,1H3,(H,40,43)(H,41,44)/t24?,25?,29-,30-/m0/s1. The number of carbonyl (C=O) groups is 2. The molecule has 2 bridgehead atoms. The lowest BCUT2D eigenvalue weighted by molar-refractivity contribution is -0.137. The summed E-state index contributed by atoms with van der Waals surface area (Å²) < 4.78 is 102. The summed E-state index contributed by atoms with van der Waals surface area (Å²) in [6, 6.07) is 10.8. The number of halogens is 5. The molecule has 0 aliphatic carbocycles. The molecule has 2 aliphatic rings. The summed E-state index contributed by atoms with van der Waals surface area (Å²) in [5, 5.41) is 8.37. The average molecular weight is 695 g/mol. The lowest BCUT2D eigenvalue weighted by Gasteiger charge is -2.37. The third-order valence-corrected chi connectivity index (χ3v) is 10.7. The molecule has 3 unspecified atom stereocenters. The van der Waals surface area contributed by atoms with Crippen LogP contribution in [-0.2, 0) is 32.2 Å². The minimum atomic E-state index is -4.73. The van der Waals surface area contributed by atoms with Crippen LogP contribution in [0.1, 0.15) is 47.4 Å². The van der Waals surface area contributed by atoms with Crippen LogP contribution in [0, 0.1) is 11.6 Å². The summed E-state index contributed by atoms with van der Waals surface area (Å²) in [6.07, 6.45) is -4.27. The first-order chi connectivity index (χ1) is 22.8. The van der Waals surface area contributed by atoms with E-state index in [9.17, 15) is 35.6 Å². The molecule has 258 valence electrons. The molecule has 0 saturated carbocycles. The smallest absolute Gasteiger partial charge is 0.416 e. The van der Waals surface area contributed by atoms with Gasteiger partial charge >= 0.3 is 12.3 Å². The molecule has 2 fully saturated rings. The van der Waals surface area contributed by atoms with E-state index in [1.54, 1.807) is 0 Å². The van der Waals surface area contributed by atoms with E-state index in [2.05, 4.69) is 16.0 Å². The molecule has 2 saturated heterocycles. The second kappa shape index (κ2) is 14.6. The van der Waals surface area contributed by atoms with Crippen molar-refractivity contribution in [2.24, 2.45) is 0 Å². The van der Waals surface area contributed by atoms with Crippen molar-refractivity contribution in [3.05, 3.63) is 101 Å². The van der Waals surface area contributed by atoms with Gasteiger partial charge in [0, 0.05) is 42.3 Å². The van der Waals surface area contributed by atoms with Crippen molar-refractivity contribution < 1.29 is 44.7 Å². The van der Waals surface area contributed by atoms with Gasteiger partial charge in [-0.25, -0.2) is 22.0 Å². The molecule has 2 aliphatic heterocycles. The number of nitrogens with one attached hydrogen (secondary N) is 3. The Morgan fingerprint density at radius 2 is 1.77 bits per heavy atom.